The Morgan fingerprint density at radius 1 is 1.44 bits per heavy atom. The van der Waals surface area contributed by atoms with Gasteiger partial charge in [0.15, 0.2) is 0 Å². The third kappa shape index (κ3) is 2.40. The quantitative estimate of drug-likeness (QED) is 0.831. The molecule has 0 unspecified atom stereocenters. The van der Waals surface area contributed by atoms with Gasteiger partial charge in [-0.2, -0.15) is 0 Å². The standard InChI is InChI=1S/C13H17FN2/c1-13(2,9-12-15-6-7-16-12)10-4-3-5-11(14)8-10/h3-5,8H,6-7,9H2,1-2H3,(H,15,16). The van der Waals surface area contributed by atoms with Crippen LogP contribution in [0, 0.1) is 5.82 Å². The lowest BCUT2D eigenvalue weighted by Crippen LogP contribution is -2.28. The van der Waals surface area contributed by atoms with Gasteiger partial charge in [0.1, 0.15) is 5.82 Å². The predicted octanol–water partition coefficient (Wildman–Crippen LogP) is 2.50. The van der Waals surface area contributed by atoms with Crippen LogP contribution >= 0.6 is 0 Å². The molecule has 0 amide bonds. The van der Waals surface area contributed by atoms with Crippen LogP contribution in [0.3, 0.4) is 0 Å². The van der Waals surface area contributed by atoms with Gasteiger partial charge < -0.3 is 5.32 Å². The Bertz CT molecular complexity index is 410. The van der Waals surface area contributed by atoms with Crippen molar-refractivity contribution < 1.29 is 4.39 Å². The summed E-state index contributed by atoms with van der Waals surface area (Å²) in [5.41, 5.74) is 0.932. The summed E-state index contributed by atoms with van der Waals surface area (Å²) in [6.45, 7) is 6.01. The topological polar surface area (TPSA) is 24.4 Å². The van der Waals surface area contributed by atoms with Crippen molar-refractivity contribution >= 4 is 5.84 Å². The van der Waals surface area contributed by atoms with Gasteiger partial charge in [-0.25, -0.2) is 4.39 Å². The van der Waals surface area contributed by atoms with E-state index in [4.69, 9.17) is 0 Å². The zero-order valence-electron chi connectivity index (χ0n) is 9.76. The van der Waals surface area contributed by atoms with E-state index >= 15 is 0 Å². The van der Waals surface area contributed by atoms with Crippen LogP contribution in [0.4, 0.5) is 4.39 Å². The molecule has 1 aromatic rings. The molecule has 2 nitrogen and oxygen atoms in total. The van der Waals surface area contributed by atoms with Gasteiger partial charge in [-0.1, -0.05) is 26.0 Å². The minimum atomic E-state index is -0.174. The molecule has 1 aromatic carbocycles. The summed E-state index contributed by atoms with van der Waals surface area (Å²) >= 11 is 0. The summed E-state index contributed by atoms with van der Waals surface area (Å²) in [6, 6.07) is 6.81. The number of rotatable bonds is 3. The molecule has 0 bridgehead atoms. The number of hydrogen-bond acceptors (Lipinski definition) is 2. The number of amidine groups is 1. The van der Waals surface area contributed by atoms with Crippen molar-refractivity contribution in [2.45, 2.75) is 25.7 Å². The molecular formula is C13H17FN2. The summed E-state index contributed by atoms with van der Waals surface area (Å²) < 4.78 is 13.2. The molecule has 0 aromatic heterocycles. The zero-order chi connectivity index (χ0) is 11.6. The van der Waals surface area contributed by atoms with Gasteiger partial charge in [-0.3, -0.25) is 4.99 Å². The largest absolute Gasteiger partial charge is 0.372 e. The SMILES string of the molecule is CC(C)(CC1=NCCN1)c1cccc(F)c1. The van der Waals surface area contributed by atoms with E-state index in [0.29, 0.717) is 0 Å². The Labute approximate surface area is 95.6 Å². The average Bonchev–Trinajstić information content (AvgIpc) is 2.70. The highest BCUT2D eigenvalue weighted by Crippen LogP contribution is 2.27. The van der Waals surface area contributed by atoms with E-state index in [1.165, 1.54) is 6.07 Å². The second-order valence-electron chi connectivity index (χ2n) is 4.83. The fraction of sp³-hybridized carbons (Fsp3) is 0.462. The molecule has 1 N–H and O–H groups in total. The number of nitrogens with zero attached hydrogens (tertiary/aromatic N) is 1. The van der Waals surface area contributed by atoms with Crippen LogP contribution in [0.1, 0.15) is 25.8 Å². The zero-order valence-corrected chi connectivity index (χ0v) is 9.76. The highest BCUT2D eigenvalue weighted by atomic mass is 19.1. The first kappa shape index (κ1) is 11.1. The van der Waals surface area contributed by atoms with Crippen molar-refractivity contribution in [3.8, 4) is 0 Å². The van der Waals surface area contributed by atoms with E-state index < -0.39 is 0 Å². The van der Waals surface area contributed by atoms with Gasteiger partial charge in [0, 0.05) is 13.0 Å². The van der Waals surface area contributed by atoms with Crippen LogP contribution in [0.25, 0.3) is 0 Å². The number of halogens is 1. The van der Waals surface area contributed by atoms with Gasteiger partial charge in [0.25, 0.3) is 0 Å². The monoisotopic (exact) mass is 220 g/mol. The number of aliphatic imine (C=N–C) groups is 1. The van der Waals surface area contributed by atoms with Crippen LogP contribution in [0.15, 0.2) is 29.3 Å². The molecule has 0 atom stereocenters. The summed E-state index contributed by atoms with van der Waals surface area (Å²) in [5.74, 6) is 0.862. The molecule has 16 heavy (non-hydrogen) atoms. The fourth-order valence-electron chi connectivity index (χ4n) is 2.00. The number of benzene rings is 1. The Morgan fingerprint density at radius 2 is 2.25 bits per heavy atom. The van der Waals surface area contributed by atoms with Gasteiger partial charge in [-0.05, 0) is 23.1 Å². The maximum absolute atomic E-state index is 13.2. The van der Waals surface area contributed by atoms with E-state index in [0.717, 1.165) is 30.9 Å². The molecule has 1 aliphatic rings. The number of hydrogen-bond donors (Lipinski definition) is 1. The predicted molar refractivity (Wildman–Crippen MR) is 64.3 cm³/mol. The summed E-state index contributed by atoms with van der Waals surface area (Å²) in [4.78, 5) is 4.38. The first-order chi connectivity index (χ1) is 7.58. The highest BCUT2D eigenvalue weighted by molar-refractivity contribution is 5.84. The van der Waals surface area contributed by atoms with Crippen LogP contribution in [-0.2, 0) is 5.41 Å². The van der Waals surface area contributed by atoms with Gasteiger partial charge in [0.2, 0.25) is 0 Å². The first-order valence-corrected chi connectivity index (χ1v) is 5.61. The summed E-state index contributed by atoms with van der Waals surface area (Å²) in [5, 5.41) is 3.25. The molecule has 0 aliphatic carbocycles. The molecule has 3 heteroatoms. The normalized spacial score (nSPS) is 15.8. The Hall–Kier alpha value is -1.38. The minimum Gasteiger partial charge on any atom is -0.372 e. The summed E-state index contributed by atoms with van der Waals surface area (Å²) in [6.07, 6.45) is 0.830. The Kier molecular flexibility index (Phi) is 2.95. The smallest absolute Gasteiger partial charge is 0.123 e. The fourth-order valence-corrected chi connectivity index (χ4v) is 2.00. The van der Waals surface area contributed by atoms with Gasteiger partial charge in [0.05, 0.1) is 12.4 Å². The van der Waals surface area contributed by atoms with E-state index in [1.54, 1.807) is 12.1 Å². The van der Waals surface area contributed by atoms with Crippen LogP contribution < -0.4 is 5.32 Å². The Morgan fingerprint density at radius 3 is 2.88 bits per heavy atom. The summed E-state index contributed by atoms with van der Waals surface area (Å²) in [7, 11) is 0. The van der Waals surface area contributed by atoms with Crippen LogP contribution in [0.5, 0.6) is 0 Å². The van der Waals surface area contributed by atoms with Crippen LogP contribution in [-0.4, -0.2) is 18.9 Å². The van der Waals surface area contributed by atoms with Crippen LogP contribution in [0.2, 0.25) is 0 Å². The van der Waals surface area contributed by atoms with Crippen molar-refractivity contribution in [1.29, 1.82) is 0 Å². The molecule has 0 saturated carbocycles. The second-order valence-corrected chi connectivity index (χ2v) is 4.83. The number of nitrogens with one attached hydrogen (secondary N) is 1. The van der Waals surface area contributed by atoms with E-state index in [1.807, 2.05) is 6.07 Å². The maximum atomic E-state index is 13.2. The highest BCUT2D eigenvalue weighted by Gasteiger charge is 2.24. The van der Waals surface area contributed by atoms with E-state index in [9.17, 15) is 4.39 Å². The van der Waals surface area contributed by atoms with Crippen molar-refractivity contribution in [2.24, 2.45) is 4.99 Å². The molecule has 1 aliphatic heterocycles. The first-order valence-electron chi connectivity index (χ1n) is 5.61. The second kappa shape index (κ2) is 4.24. The molecule has 2 rings (SSSR count). The molecule has 0 radical (unpaired) electrons. The van der Waals surface area contributed by atoms with Crippen molar-refractivity contribution in [3.05, 3.63) is 35.6 Å². The van der Waals surface area contributed by atoms with Crippen molar-refractivity contribution in [2.75, 3.05) is 13.1 Å². The lowest BCUT2D eigenvalue weighted by atomic mass is 9.81. The van der Waals surface area contributed by atoms with Crippen molar-refractivity contribution in [1.82, 2.24) is 5.32 Å². The lowest BCUT2D eigenvalue weighted by Gasteiger charge is -2.25. The average molecular weight is 220 g/mol. The lowest BCUT2D eigenvalue weighted by molar-refractivity contribution is 0.535. The Balaban J connectivity index is 2.17. The molecular weight excluding hydrogens is 203 g/mol. The van der Waals surface area contributed by atoms with E-state index in [2.05, 4.69) is 24.2 Å². The third-order valence-corrected chi connectivity index (χ3v) is 2.96. The third-order valence-electron chi connectivity index (χ3n) is 2.96. The molecule has 86 valence electrons. The minimum absolute atomic E-state index is 0.0850. The molecule has 0 spiro atoms. The maximum Gasteiger partial charge on any atom is 0.123 e. The van der Waals surface area contributed by atoms with Gasteiger partial charge in [-0.15, -0.1) is 0 Å². The molecule has 1 heterocycles. The van der Waals surface area contributed by atoms with Crippen molar-refractivity contribution in [3.63, 3.8) is 0 Å². The van der Waals surface area contributed by atoms with E-state index in [-0.39, 0.29) is 11.2 Å². The molecule has 0 fully saturated rings. The van der Waals surface area contributed by atoms with Gasteiger partial charge >= 0.3 is 0 Å². The molecule has 0 saturated heterocycles.